The lowest BCUT2D eigenvalue weighted by Crippen LogP contribution is -2.24. The number of aromatic amines is 1. The fraction of sp³-hybridized carbons (Fsp3) is 0.263. The maximum Gasteiger partial charge on any atom is 0.268 e. The van der Waals surface area contributed by atoms with Gasteiger partial charge in [0.25, 0.3) is 5.91 Å². The van der Waals surface area contributed by atoms with Crippen LogP contribution in [0.15, 0.2) is 36.9 Å². The standard InChI is InChI=1S/C19H22N2O3/c1-5-9-20-19(23)18-13(3)17(14(4)21-18)16(22)11-24-15-8-6-7-12(2)10-15/h5-8,10,21H,1,9,11H2,2-4H3,(H,20,23). The monoisotopic (exact) mass is 326 g/mol. The van der Waals surface area contributed by atoms with Crippen molar-refractivity contribution in [2.45, 2.75) is 20.8 Å². The number of amides is 1. The molecule has 0 spiro atoms. The third-order valence-electron chi connectivity index (χ3n) is 3.71. The summed E-state index contributed by atoms with van der Waals surface area (Å²) in [6.07, 6.45) is 1.60. The smallest absolute Gasteiger partial charge is 0.268 e. The van der Waals surface area contributed by atoms with Gasteiger partial charge in [-0.25, -0.2) is 0 Å². The molecule has 126 valence electrons. The van der Waals surface area contributed by atoms with Crippen LogP contribution in [0.2, 0.25) is 0 Å². The Hall–Kier alpha value is -2.82. The Labute approximate surface area is 141 Å². The molecular formula is C19H22N2O3. The Balaban J connectivity index is 2.13. The first-order chi connectivity index (χ1) is 11.4. The van der Waals surface area contributed by atoms with Crippen molar-refractivity contribution in [2.24, 2.45) is 0 Å². The molecule has 0 atom stereocenters. The summed E-state index contributed by atoms with van der Waals surface area (Å²) in [7, 11) is 0. The van der Waals surface area contributed by atoms with Gasteiger partial charge in [0.2, 0.25) is 5.78 Å². The molecule has 0 saturated heterocycles. The van der Waals surface area contributed by atoms with Gasteiger partial charge in [0, 0.05) is 17.8 Å². The third-order valence-corrected chi connectivity index (χ3v) is 3.71. The summed E-state index contributed by atoms with van der Waals surface area (Å²) in [6, 6.07) is 7.52. The Kier molecular flexibility index (Phi) is 5.58. The third kappa shape index (κ3) is 3.93. The van der Waals surface area contributed by atoms with Gasteiger partial charge in [-0.15, -0.1) is 6.58 Å². The Morgan fingerprint density at radius 1 is 1.29 bits per heavy atom. The SMILES string of the molecule is C=CCNC(=O)c1[nH]c(C)c(C(=O)COc2cccc(C)c2)c1C. The molecule has 2 aromatic rings. The van der Waals surface area contributed by atoms with Gasteiger partial charge in [0.15, 0.2) is 6.61 Å². The Bertz CT molecular complexity index is 775. The number of aromatic nitrogens is 1. The highest BCUT2D eigenvalue weighted by Gasteiger charge is 2.21. The number of hydrogen-bond acceptors (Lipinski definition) is 3. The minimum absolute atomic E-state index is 0.0727. The molecule has 5 heteroatoms. The first-order valence-electron chi connectivity index (χ1n) is 7.75. The van der Waals surface area contributed by atoms with E-state index in [4.69, 9.17) is 4.74 Å². The summed E-state index contributed by atoms with van der Waals surface area (Å²) in [6.45, 7) is 9.35. The van der Waals surface area contributed by atoms with Crippen molar-refractivity contribution >= 4 is 11.7 Å². The second-order valence-electron chi connectivity index (χ2n) is 5.65. The molecule has 2 N–H and O–H groups in total. The zero-order valence-corrected chi connectivity index (χ0v) is 14.2. The van der Waals surface area contributed by atoms with Gasteiger partial charge in [-0.1, -0.05) is 18.2 Å². The lowest BCUT2D eigenvalue weighted by atomic mass is 10.1. The van der Waals surface area contributed by atoms with Crippen LogP contribution in [0.25, 0.3) is 0 Å². The molecule has 0 bridgehead atoms. The minimum atomic E-state index is -0.255. The Morgan fingerprint density at radius 3 is 2.71 bits per heavy atom. The van der Waals surface area contributed by atoms with E-state index in [0.29, 0.717) is 34.8 Å². The molecule has 0 saturated carbocycles. The van der Waals surface area contributed by atoms with E-state index in [0.717, 1.165) is 5.56 Å². The molecule has 0 aliphatic heterocycles. The van der Waals surface area contributed by atoms with Gasteiger partial charge in [-0.3, -0.25) is 9.59 Å². The highest BCUT2D eigenvalue weighted by Crippen LogP contribution is 2.20. The molecule has 5 nitrogen and oxygen atoms in total. The number of nitrogens with one attached hydrogen (secondary N) is 2. The van der Waals surface area contributed by atoms with Crippen LogP contribution in [0.5, 0.6) is 5.75 Å². The van der Waals surface area contributed by atoms with Gasteiger partial charge in [-0.2, -0.15) is 0 Å². The van der Waals surface area contributed by atoms with Crippen molar-refractivity contribution in [1.82, 2.24) is 10.3 Å². The van der Waals surface area contributed by atoms with Crippen LogP contribution in [0.1, 0.15) is 37.7 Å². The van der Waals surface area contributed by atoms with Gasteiger partial charge >= 0.3 is 0 Å². The zero-order chi connectivity index (χ0) is 17.7. The summed E-state index contributed by atoms with van der Waals surface area (Å²) in [5.74, 6) is 0.234. The molecule has 24 heavy (non-hydrogen) atoms. The van der Waals surface area contributed by atoms with E-state index in [1.165, 1.54) is 0 Å². The minimum Gasteiger partial charge on any atom is -0.485 e. The van der Waals surface area contributed by atoms with E-state index in [9.17, 15) is 9.59 Å². The van der Waals surface area contributed by atoms with Crippen LogP contribution in [0, 0.1) is 20.8 Å². The van der Waals surface area contributed by atoms with Crippen molar-refractivity contribution in [1.29, 1.82) is 0 Å². The van der Waals surface area contributed by atoms with E-state index in [1.54, 1.807) is 19.9 Å². The molecule has 0 aliphatic carbocycles. The first-order valence-corrected chi connectivity index (χ1v) is 7.75. The van der Waals surface area contributed by atoms with Crippen molar-refractivity contribution in [3.05, 3.63) is 65.0 Å². The molecule has 2 rings (SSSR count). The number of carbonyl (C=O) groups is 2. The summed E-state index contributed by atoms with van der Waals surface area (Å²) < 4.78 is 5.57. The van der Waals surface area contributed by atoms with Crippen LogP contribution in [0.3, 0.4) is 0 Å². The molecule has 0 aliphatic rings. The van der Waals surface area contributed by atoms with Gasteiger partial charge < -0.3 is 15.0 Å². The second-order valence-corrected chi connectivity index (χ2v) is 5.65. The zero-order valence-electron chi connectivity index (χ0n) is 14.2. The number of ketones is 1. The van der Waals surface area contributed by atoms with Crippen LogP contribution >= 0.6 is 0 Å². The fourth-order valence-electron chi connectivity index (χ4n) is 2.57. The molecule has 0 fully saturated rings. The highest BCUT2D eigenvalue weighted by molar-refractivity contribution is 6.04. The maximum atomic E-state index is 12.5. The molecule has 1 amide bonds. The van der Waals surface area contributed by atoms with Crippen LogP contribution in [-0.2, 0) is 0 Å². The number of hydrogen-bond donors (Lipinski definition) is 2. The lowest BCUT2D eigenvalue weighted by molar-refractivity contribution is 0.0920. The quantitative estimate of drug-likeness (QED) is 0.606. The van der Waals surface area contributed by atoms with E-state index in [1.807, 2.05) is 31.2 Å². The lowest BCUT2D eigenvalue weighted by Gasteiger charge is -2.07. The molecular weight excluding hydrogens is 304 g/mol. The topological polar surface area (TPSA) is 71.2 Å². The number of aryl methyl sites for hydroxylation is 2. The van der Waals surface area contributed by atoms with Crippen molar-refractivity contribution in [3.63, 3.8) is 0 Å². The molecule has 0 radical (unpaired) electrons. The van der Waals surface area contributed by atoms with Gasteiger partial charge in [0.1, 0.15) is 11.4 Å². The second kappa shape index (κ2) is 7.64. The van der Waals surface area contributed by atoms with Gasteiger partial charge in [-0.05, 0) is 44.0 Å². The number of carbonyl (C=O) groups excluding carboxylic acids is 2. The number of benzene rings is 1. The van der Waals surface area contributed by atoms with E-state index < -0.39 is 0 Å². The Morgan fingerprint density at radius 2 is 2.04 bits per heavy atom. The first kappa shape index (κ1) is 17.5. The van der Waals surface area contributed by atoms with Crippen molar-refractivity contribution < 1.29 is 14.3 Å². The average Bonchev–Trinajstić information content (AvgIpc) is 2.85. The molecule has 1 aromatic carbocycles. The number of ether oxygens (including phenoxy) is 1. The van der Waals surface area contributed by atoms with Gasteiger partial charge in [0.05, 0.1) is 0 Å². The highest BCUT2D eigenvalue weighted by atomic mass is 16.5. The summed E-state index contributed by atoms with van der Waals surface area (Å²) in [5, 5.41) is 2.70. The van der Waals surface area contributed by atoms with Crippen LogP contribution in [-0.4, -0.2) is 29.8 Å². The predicted octanol–water partition coefficient (Wildman–Crippen LogP) is 3.12. The predicted molar refractivity (Wildman–Crippen MR) is 93.8 cm³/mol. The summed E-state index contributed by atoms with van der Waals surface area (Å²) >= 11 is 0. The van der Waals surface area contributed by atoms with Crippen molar-refractivity contribution in [2.75, 3.05) is 13.2 Å². The number of Topliss-reactive ketones (excluding diaryl/α,β-unsaturated/α-hetero) is 1. The van der Waals surface area contributed by atoms with E-state index in [2.05, 4.69) is 16.9 Å². The van der Waals surface area contributed by atoms with E-state index >= 15 is 0 Å². The molecule has 1 aromatic heterocycles. The van der Waals surface area contributed by atoms with Crippen molar-refractivity contribution in [3.8, 4) is 5.75 Å². The van der Waals surface area contributed by atoms with Crippen LogP contribution < -0.4 is 10.1 Å². The summed E-state index contributed by atoms with van der Waals surface area (Å²) in [4.78, 5) is 27.6. The number of rotatable bonds is 7. The normalized spacial score (nSPS) is 10.3. The molecule has 1 heterocycles. The maximum absolute atomic E-state index is 12.5. The number of H-pyrrole nitrogens is 1. The molecule has 0 unspecified atom stereocenters. The van der Waals surface area contributed by atoms with E-state index in [-0.39, 0.29) is 18.3 Å². The van der Waals surface area contributed by atoms with Crippen LogP contribution in [0.4, 0.5) is 0 Å². The fourth-order valence-corrected chi connectivity index (χ4v) is 2.57. The average molecular weight is 326 g/mol. The summed E-state index contributed by atoms with van der Waals surface area (Å²) in [5.41, 5.74) is 3.26. The largest absolute Gasteiger partial charge is 0.485 e.